The number of nitrogens with zero attached hydrogens (tertiary/aromatic N) is 1. The van der Waals surface area contributed by atoms with Crippen molar-refractivity contribution < 1.29 is 8.98 Å². The Hall–Kier alpha value is -0.260. The predicted octanol–water partition coefficient (Wildman–Crippen LogP) is 0.840. The van der Waals surface area contributed by atoms with E-state index in [-0.39, 0.29) is 0 Å². The second kappa shape index (κ2) is 7.96. The van der Waals surface area contributed by atoms with Crippen LogP contribution >= 0.6 is 12.9 Å². The average molecular weight is 232 g/mol. The summed E-state index contributed by atoms with van der Waals surface area (Å²) in [5, 5.41) is 3.19. The minimum absolute atomic E-state index is 0.305. The maximum absolute atomic E-state index is 11.6. The second-order valence-corrected chi connectivity index (χ2v) is 4.03. The number of hydrogen-bond donors (Lipinski definition) is 2. The molecule has 0 radical (unpaired) electrons. The van der Waals surface area contributed by atoms with Gasteiger partial charge in [0.1, 0.15) is 0 Å². The standard InChI is InChI=1S/C10H20N2O2S/c13-10(12-7-1-2-8-12)4-3-5-11-6-9-14-15/h11,15H,1-9H2. The molecule has 1 rings (SSSR count). The third kappa shape index (κ3) is 5.39. The molecule has 1 N–H and O–H groups in total. The molecule has 4 nitrogen and oxygen atoms in total. The first kappa shape index (κ1) is 12.8. The summed E-state index contributed by atoms with van der Waals surface area (Å²) in [7, 11) is 0. The van der Waals surface area contributed by atoms with E-state index >= 15 is 0 Å². The number of likely N-dealkylation sites (tertiary alicyclic amines) is 1. The molecule has 0 aliphatic carbocycles. The molecular formula is C10H20N2O2S. The fourth-order valence-electron chi connectivity index (χ4n) is 1.73. The molecule has 1 heterocycles. The normalized spacial score (nSPS) is 15.9. The highest BCUT2D eigenvalue weighted by atomic mass is 32.1. The van der Waals surface area contributed by atoms with Crippen LogP contribution in [0, 0.1) is 0 Å². The van der Waals surface area contributed by atoms with Gasteiger partial charge in [-0.05, 0) is 38.7 Å². The highest BCUT2D eigenvalue weighted by Gasteiger charge is 2.16. The molecule has 0 unspecified atom stereocenters. The quantitative estimate of drug-likeness (QED) is 0.388. The Bertz CT molecular complexity index is 184. The number of nitrogens with one attached hydrogen (secondary N) is 1. The summed E-state index contributed by atoms with van der Waals surface area (Å²) in [5.41, 5.74) is 0. The van der Waals surface area contributed by atoms with Crippen LogP contribution in [0.4, 0.5) is 0 Å². The monoisotopic (exact) mass is 232 g/mol. The van der Waals surface area contributed by atoms with Crippen LogP contribution in [0.2, 0.25) is 0 Å². The van der Waals surface area contributed by atoms with Gasteiger partial charge < -0.3 is 14.4 Å². The zero-order chi connectivity index (χ0) is 10.9. The number of amides is 1. The molecule has 1 aliphatic heterocycles. The largest absolute Gasteiger partial charge is 0.343 e. The molecule has 0 bridgehead atoms. The van der Waals surface area contributed by atoms with Crippen LogP contribution in [-0.2, 0) is 8.98 Å². The predicted molar refractivity (Wildman–Crippen MR) is 62.9 cm³/mol. The van der Waals surface area contributed by atoms with Gasteiger partial charge in [-0.1, -0.05) is 0 Å². The highest BCUT2D eigenvalue weighted by molar-refractivity contribution is 7.75. The maximum Gasteiger partial charge on any atom is 0.222 e. The van der Waals surface area contributed by atoms with E-state index in [1.807, 2.05) is 4.90 Å². The van der Waals surface area contributed by atoms with Crippen molar-refractivity contribution in [3.05, 3.63) is 0 Å². The molecule has 0 aromatic carbocycles. The zero-order valence-corrected chi connectivity index (χ0v) is 9.97. The Morgan fingerprint density at radius 3 is 2.73 bits per heavy atom. The molecule has 0 spiro atoms. The topological polar surface area (TPSA) is 41.6 Å². The SMILES string of the molecule is O=C(CCCNCCOS)N1CCCC1. The molecule has 0 aromatic heterocycles. The Kier molecular flexibility index (Phi) is 6.80. The van der Waals surface area contributed by atoms with Crippen LogP contribution in [-0.4, -0.2) is 43.6 Å². The molecule has 0 atom stereocenters. The lowest BCUT2D eigenvalue weighted by molar-refractivity contribution is -0.130. The number of carbonyl (C=O) groups excluding carboxylic acids is 1. The summed E-state index contributed by atoms with van der Waals surface area (Å²) in [5.74, 6) is 0.305. The molecule has 1 aliphatic rings. The van der Waals surface area contributed by atoms with Crippen molar-refractivity contribution >= 4 is 18.8 Å². The van der Waals surface area contributed by atoms with E-state index in [9.17, 15) is 4.79 Å². The Balaban J connectivity index is 1.92. The summed E-state index contributed by atoms with van der Waals surface area (Å²) < 4.78 is 4.61. The highest BCUT2D eigenvalue weighted by Crippen LogP contribution is 2.09. The second-order valence-electron chi connectivity index (χ2n) is 3.77. The Labute approximate surface area is 97.0 Å². The number of rotatable bonds is 7. The van der Waals surface area contributed by atoms with E-state index in [0.29, 0.717) is 18.9 Å². The van der Waals surface area contributed by atoms with Gasteiger partial charge in [0.2, 0.25) is 5.91 Å². The molecule has 1 fully saturated rings. The molecule has 0 aromatic rings. The van der Waals surface area contributed by atoms with Crippen LogP contribution < -0.4 is 5.32 Å². The fraction of sp³-hybridized carbons (Fsp3) is 0.900. The lowest BCUT2D eigenvalue weighted by Crippen LogP contribution is -2.28. The lowest BCUT2D eigenvalue weighted by atomic mass is 10.3. The van der Waals surface area contributed by atoms with Crippen molar-refractivity contribution in [3.8, 4) is 0 Å². The summed E-state index contributed by atoms with van der Waals surface area (Å²) in [6, 6.07) is 0. The molecule has 5 heteroatoms. The van der Waals surface area contributed by atoms with Gasteiger partial charge in [-0.2, -0.15) is 0 Å². The molecule has 15 heavy (non-hydrogen) atoms. The van der Waals surface area contributed by atoms with E-state index < -0.39 is 0 Å². The number of thiol groups is 1. The summed E-state index contributed by atoms with van der Waals surface area (Å²) in [6.45, 7) is 4.18. The van der Waals surface area contributed by atoms with Crippen LogP contribution in [0.1, 0.15) is 25.7 Å². The van der Waals surface area contributed by atoms with Gasteiger partial charge in [0.05, 0.1) is 6.61 Å². The summed E-state index contributed by atoms with van der Waals surface area (Å²) in [4.78, 5) is 13.6. The van der Waals surface area contributed by atoms with Crippen LogP contribution in [0.15, 0.2) is 0 Å². The van der Waals surface area contributed by atoms with Gasteiger partial charge in [-0.3, -0.25) is 4.79 Å². The van der Waals surface area contributed by atoms with Crippen molar-refractivity contribution in [1.29, 1.82) is 0 Å². The lowest BCUT2D eigenvalue weighted by Gasteiger charge is -2.14. The molecule has 88 valence electrons. The van der Waals surface area contributed by atoms with E-state index in [2.05, 4.69) is 22.4 Å². The summed E-state index contributed by atoms with van der Waals surface area (Å²) in [6.07, 6.45) is 3.91. The number of hydrogen-bond acceptors (Lipinski definition) is 4. The van der Waals surface area contributed by atoms with Crippen molar-refractivity contribution in [2.75, 3.05) is 32.8 Å². The van der Waals surface area contributed by atoms with E-state index in [4.69, 9.17) is 0 Å². The third-order valence-electron chi connectivity index (χ3n) is 2.57. The van der Waals surface area contributed by atoms with Gasteiger partial charge in [-0.15, -0.1) is 0 Å². The van der Waals surface area contributed by atoms with Crippen molar-refractivity contribution in [3.63, 3.8) is 0 Å². The van der Waals surface area contributed by atoms with Crippen LogP contribution in [0.25, 0.3) is 0 Å². The van der Waals surface area contributed by atoms with Crippen molar-refractivity contribution in [1.82, 2.24) is 10.2 Å². The van der Waals surface area contributed by atoms with Crippen LogP contribution in [0.3, 0.4) is 0 Å². The Morgan fingerprint density at radius 2 is 2.07 bits per heavy atom. The third-order valence-corrected chi connectivity index (χ3v) is 2.76. The van der Waals surface area contributed by atoms with Gasteiger partial charge in [0.25, 0.3) is 0 Å². The fourth-order valence-corrected chi connectivity index (χ4v) is 1.82. The van der Waals surface area contributed by atoms with Gasteiger partial charge in [0.15, 0.2) is 0 Å². The smallest absolute Gasteiger partial charge is 0.222 e. The molecule has 1 amide bonds. The van der Waals surface area contributed by atoms with Crippen molar-refractivity contribution in [2.45, 2.75) is 25.7 Å². The van der Waals surface area contributed by atoms with Crippen LogP contribution in [0.5, 0.6) is 0 Å². The van der Waals surface area contributed by atoms with Gasteiger partial charge in [-0.25, -0.2) is 0 Å². The number of carbonyl (C=O) groups is 1. The first-order chi connectivity index (χ1) is 7.34. The van der Waals surface area contributed by atoms with E-state index in [0.717, 1.165) is 32.6 Å². The van der Waals surface area contributed by atoms with Crippen molar-refractivity contribution in [2.24, 2.45) is 0 Å². The Morgan fingerprint density at radius 1 is 1.33 bits per heavy atom. The zero-order valence-electron chi connectivity index (χ0n) is 9.07. The van der Waals surface area contributed by atoms with Gasteiger partial charge >= 0.3 is 0 Å². The molecular weight excluding hydrogens is 212 g/mol. The molecule has 0 saturated carbocycles. The first-order valence-corrected chi connectivity index (χ1v) is 5.96. The summed E-state index contributed by atoms with van der Waals surface area (Å²) >= 11 is 3.64. The average Bonchev–Trinajstić information content (AvgIpc) is 2.76. The minimum Gasteiger partial charge on any atom is -0.343 e. The van der Waals surface area contributed by atoms with E-state index in [1.165, 1.54) is 12.8 Å². The first-order valence-electron chi connectivity index (χ1n) is 5.59. The van der Waals surface area contributed by atoms with E-state index in [1.54, 1.807) is 0 Å². The minimum atomic E-state index is 0.305. The van der Waals surface area contributed by atoms with Gasteiger partial charge in [0, 0.05) is 26.1 Å². The maximum atomic E-state index is 11.6. The molecule has 1 saturated heterocycles.